The molecule has 0 aromatic heterocycles. The molecule has 0 aliphatic carbocycles. The fourth-order valence-electron chi connectivity index (χ4n) is 1.97. The van der Waals surface area contributed by atoms with E-state index in [0.29, 0.717) is 17.7 Å². The van der Waals surface area contributed by atoms with Crippen LogP contribution in [0.25, 0.3) is 0 Å². The van der Waals surface area contributed by atoms with E-state index < -0.39 is 0 Å². The molecule has 0 heterocycles. The molecule has 2 aromatic carbocycles. The van der Waals surface area contributed by atoms with Crippen molar-refractivity contribution >= 4 is 11.5 Å². The van der Waals surface area contributed by atoms with Crippen LogP contribution in [0, 0.1) is 0 Å². The second kappa shape index (κ2) is 6.24. The van der Waals surface area contributed by atoms with E-state index in [9.17, 15) is 4.79 Å². The maximum absolute atomic E-state index is 12.4. The van der Waals surface area contributed by atoms with E-state index in [4.69, 9.17) is 4.74 Å². The third-order valence-corrected chi connectivity index (χ3v) is 3.05. The molecule has 0 radical (unpaired) electrons. The highest BCUT2D eigenvalue weighted by atomic mass is 16.5. The van der Waals surface area contributed by atoms with Crippen molar-refractivity contribution in [2.45, 2.75) is 6.92 Å². The number of ether oxygens (including phenoxy) is 1. The zero-order valence-electron chi connectivity index (χ0n) is 12.1. The molecule has 0 saturated heterocycles. The Hall–Kier alpha value is -2.29. The predicted octanol–water partition coefficient (Wildman–Crippen LogP) is 3.38. The van der Waals surface area contributed by atoms with Gasteiger partial charge in [-0.3, -0.25) is 4.79 Å². The Morgan fingerprint density at radius 1 is 1.05 bits per heavy atom. The van der Waals surface area contributed by atoms with Crippen LogP contribution in [0.5, 0.6) is 5.75 Å². The fraction of sp³-hybridized carbons (Fsp3) is 0.235. The predicted molar refractivity (Wildman–Crippen MR) is 81.8 cm³/mol. The molecule has 0 N–H and O–H groups in total. The highest BCUT2D eigenvalue weighted by molar-refractivity contribution is 6.09. The molecule has 0 unspecified atom stereocenters. The van der Waals surface area contributed by atoms with Gasteiger partial charge in [-0.15, -0.1) is 0 Å². The largest absolute Gasteiger partial charge is 0.494 e. The SMILES string of the molecule is CCOc1cccc(C(=O)c2ccc(N(C)C)cc2)c1. The lowest BCUT2D eigenvalue weighted by Gasteiger charge is -2.12. The molecule has 104 valence electrons. The number of hydrogen-bond acceptors (Lipinski definition) is 3. The summed E-state index contributed by atoms with van der Waals surface area (Å²) in [5, 5.41) is 0. The summed E-state index contributed by atoms with van der Waals surface area (Å²) < 4.78 is 5.42. The van der Waals surface area contributed by atoms with E-state index in [1.54, 1.807) is 6.07 Å². The second-order valence-electron chi connectivity index (χ2n) is 4.73. The molecule has 0 spiro atoms. The van der Waals surface area contributed by atoms with Gasteiger partial charge in [-0.2, -0.15) is 0 Å². The molecule has 0 amide bonds. The lowest BCUT2D eigenvalue weighted by Crippen LogP contribution is -2.09. The number of carbonyl (C=O) groups excluding carboxylic acids is 1. The summed E-state index contributed by atoms with van der Waals surface area (Å²) in [6.07, 6.45) is 0. The monoisotopic (exact) mass is 269 g/mol. The molecule has 0 aliphatic heterocycles. The van der Waals surface area contributed by atoms with Crippen LogP contribution in [-0.4, -0.2) is 26.5 Å². The molecular formula is C17H19NO2. The van der Waals surface area contributed by atoms with E-state index in [-0.39, 0.29) is 5.78 Å². The van der Waals surface area contributed by atoms with Gasteiger partial charge in [-0.25, -0.2) is 0 Å². The maximum Gasteiger partial charge on any atom is 0.193 e. The zero-order valence-corrected chi connectivity index (χ0v) is 12.1. The molecule has 3 nitrogen and oxygen atoms in total. The van der Waals surface area contributed by atoms with Crippen LogP contribution in [0.15, 0.2) is 48.5 Å². The first-order chi connectivity index (χ1) is 9.61. The van der Waals surface area contributed by atoms with Gasteiger partial charge in [-0.1, -0.05) is 12.1 Å². The second-order valence-corrected chi connectivity index (χ2v) is 4.73. The summed E-state index contributed by atoms with van der Waals surface area (Å²) in [4.78, 5) is 14.4. The fourth-order valence-corrected chi connectivity index (χ4v) is 1.97. The molecule has 0 fully saturated rings. The van der Waals surface area contributed by atoms with Gasteiger partial charge in [0.1, 0.15) is 5.75 Å². The third kappa shape index (κ3) is 3.18. The van der Waals surface area contributed by atoms with Crippen molar-refractivity contribution in [2.24, 2.45) is 0 Å². The van der Waals surface area contributed by atoms with Crippen LogP contribution in [-0.2, 0) is 0 Å². The summed E-state index contributed by atoms with van der Waals surface area (Å²) in [5.41, 5.74) is 2.41. The minimum Gasteiger partial charge on any atom is -0.494 e. The molecule has 0 bridgehead atoms. The molecule has 0 saturated carbocycles. The highest BCUT2D eigenvalue weighted by Gasteiger charge is 2.10. The van der Waals surface area contributed by atoms with Crippen LogP contribution in [0.1, 0.15) is 22.8 Å². The Labute approximate surface area is 119 Å². The number of ketones is 1. The lowest BCUT2D eigenvalue weighted by molar-refractivity contribution is 0.103. The number of rotatable bonds is 5. The van der Waals surface area contributed by atoms with E-state index >= 15 is 0 Å². The summed E-state index contributed by atoms with van der Waals surface area (Å²) in [6.45, 7) is 2.52. The van der Waals surface area contributed by atoms with E-state index in [2.05, 4.69) is 0 Å². The van der Waals surface area contributed by atoms with E-state index in [1.165, 1.54) is 0 Å². The van der Waals surface area contributed by atoms with Crippen molar-refractivity contribution in [3.05, 3.63) is 59.7 Å². The molecule has 20 heavy (non-hydrogen) atoms. The summed E-state index contributed by atoms with van der Waals surface area (Å²) in [7, 11) is 3.95. The van der Waals surface area contributed by atoms with Crippen LogP contribution >= 0.6 is 0 Å². The number of hydrogen-bond donors (Lipinski definition) is 0. The van der Waals surface area contributed by atoms with Crippen molar-refractivity contribution < 1.29 is 9.53 Å². The molecule has 0 atom stereocenters. The quantitative estimate of drug-likeness (QED) is 0.779. The Balaban J connectivity index is 2.24. The van der Waals surface area contributed by atoms with E-state index in [0.717, 1.165) is 11.4 Å². The Bertz CT molecular complexity index is 588. The molecular weight excluding hydrogens is 250 g/mol. The first kappa shape index (κ1) is 14.1. The first-order valence-electron chi connectivity index (χ1n) is 6.66. The zero-order chi connectivity index (χ0) is 14.5. The Kier molecular flexibility index (Phi) is 4.41. The van der Waals surface area contributed by atoms with Gasteiger partial charge in [0.15, 0.2) is 5.78 Å². The summed E-state index contributed by atoms with van der Waals surface area (Å²) in [6, 6.07) is 14.9. The third-order valence-electron chi connectivity index (χ3n) is 3.05. The van der Waals surface area contributed by atoms with Gasteiger partial charge in [0.25, 0.3) is 0 Å². The Morgan fingerprint density at radius 3 is 2.35 bits per heavy atom. The number of anilines is 1. The van der Waals surface area contributed by atoms with Gasteiger partial charge in [0, 0.05) is 30.9 Å². The van der Waals surface area contributed by atoms with Crippen LogP contribution in [0.4, 0.5) is 5.69 Å². The maximum atomic E-state index is 12.4. The summed E-state index contributed by atoms with van der Waals surface area (Å²) in [5.74, 6) is 0.736. The topological polar surface area (TPSA) is 29.5 Å². The van der Waals surface area contributed by atoms with Gasteiger partial charge < -0.3 is 9.64 Å². The number of nitrogens with zero attached hydrogens (tertiary/aromatic N) is 1. The van der Waals surface area contributed by atoms with Crippen molar-refractivity contribution in [3.63, 3.8) is 0 Å². The van der Waals surface area contributed by atoms with Gasteiger partial charge in [-0.05, 0) is 43.3 Å². The minimum atomic E-state index is 0.0110. The number of carbonyl (C=O) groups is 1. The highest BCUT2D eigenvalue weighted by Crippen LogP contribution is 2.18. The van der Waals surface area contributed by atoms with Crippen molar-refractivity contribution in [1.82, 2.24) is 0 Å². The molecule has 3 heteroatoms. The average molecular weight is 269 g/mol. The normalized spacial score (nSPS) is 10.2. The van der Waals surface area contributed by atoms with Gasteiger partial charge >= 0.3 is 0 Å². The number of benzene rings is 2. The molecule has 2 aromatic rings. The average Bonchev–Trinajstić information content (AvgIpc) is 2.47. The van der Waals surface area contributed by atoms with Gasteiger partial charge in [0.2, 0.25) is 0 Å². The first-order valence-corrected chi connectivity index (χ1v) is 6.66. The van der Waals surface area contributed by atoms with Crippen LogP contribution < -0.4 is 9.64 Å². The van der Waals surface area contributed by atoms with Crippen molar-refractivity contribution in [2.75, 3.05) is 25.6 Å². The summed E-state index contributed by atoms with van der Waals surface area (Å²) >= 11 is 0. The van der Waals surface area contributed by atoms with Crippen LogP contribution in [0.2, 0.25) is 0 Å². The standard InChI is InChI=1S/C17H19NO2/c1-4-20-16-7-5-6-14(12-16)17(19)13-8-10-15(11-9-13)18(2)3/h5-12H,4H2,1-3H3. The molecule has 2 rings (SSSR count). The lowest BCUT2D eigenvalue weighted by atomic mass is 10.0. The Morgan fingerprint density at radius 2 is 1.75 bits per heavy atom. The molecule has 0 aliphatic rings. The van der Waals surface area contributed by atoms with Crippen LogP contribution in [0.3, 0.4) is 0 Å². The minimum absolute atomic E-state index is 0.0110. The smallest absolute Gasteiger partial charge is 0.193 e. The van der Waals surface area contributed by atoms with Gasteiger partial charge in [0.05, 0.1) is 6.61 Å². The van der Waals surface area contributed by atoms with Crippen molar-refractivity contribution in [1.29, 1.82) is 0 Å². The van der Waals surface area contributed by atoms with Crippen molar-refractivity contribution in [3.8, 4) is 5.75 Å². The van der Waals surface area contributed by atoms with E-state index in [1.807, 2.05) is 68.4 Å².